The third-order valence-electron chi connectivity index (χ3n) is 9.55. The minimum Gasteiger partial charge on any atom is -0.465 e. The Morgan fingerprint density at radius 3 is 1.09 bits per heavy atom. The predicted octanol–water partition coefficient (Wildman–Crippen LogP) is 15.0. The van der Waals surface area contributed by atoms with E-state index in [1.807, 2.05) is 0 Å². The number of hydrogen-bond donors (Lipinski definition) is 0. The van der Waals surface area contributed by atoms with Crippen LogP contribution >= 0.6 is 0 Å². The first-order valence-corrected chi connectivity index (χ1v) is 20.6. The molecule has 0 N–H and O–H groups in total. The van der Waals surface area contributed by atoms with Gasteiger partial charge in [0.1, 0.15) is 0 Å². The van der Waals surface area contributed by atoms with Crippen LogP contribution in [0.2, 0.25) is 0 Å². The molecule has 0 rings (SSSR count). The number of carbonyl (C=O) groups is 1. The number of esters is 1. The van der Waals surface area contributed by atoms with Gasteiger partial charge in [-0.05, 0) is 44.9 Å². The first-order chi connectivity index (χ1) is 21.8. The average molecular weight is 619 g/mol. The van der Waals surface area contributed by atoms with E-state index in [9.17, 15) is 4.79 Å². The van der Waals surface area contributed by atoms with Crippen LogP contribution < -0.4 is 0 Å². The van der Waals surface area contributed by atoms with Gasteiger partial charge in [0.15, 0.2) is 0 Å². The molecule has 262 valence electrons. The monoisotopic (exact) mass is 619 g/mol. The Morgan fingerprint density at radius 2 is 0.705 bits per heavy atom. The first-order valence-electron chi connectivity index (χ1n) is 20.6. The van der Waals surface area contributed by atoms with Gasteiger partial charge in [-0.1, -0.05) is 206 Å². The summed E-state index contributed by atoms with van der Waals surface area (Å²) in [5.74, 6) is 0.235. The van der Waals surface area contributed by atoms with Crippen LogP contribution in [0.25, 0.3) is 0 Å². The van der Waals surface area contributed by atoms with E-state index < -0.39 is 0 Å². The van der Waals surface area contributed by atoms with Crippen molar-refractivity contribution >= 4 is 5.97 Å². The summed E-state index contributed by atoms with van der Waals surface area (Å²) in [6.45, 7) is 7.49. The Morgan fingerprint density at radius 1 is 0.409 bits per heavy atom. The molecule has 0 aliphatic heterocycles. The van der Waals surface area contributed by atoms with E-state index in [0.717, 1.165) is 19.3 Å². The van der Waals surface area contributed by atoms with E-state index in [-0.39, 0.29) is 11.9 Å². The fraction of sp³-hybridized carbons (Fsp3) is 0.929. The van der Waals surface area contributed by atoms with E-state index in [0.29, 0.717) is 6.61 Å². The second-order valence-electron chi connectivity index (χ2n) is 14.0. The van der Waals surface area contributed by atoms with Crippen molar-refractivity contribution in [2.24, 2.45) is 5.92 Å². The zero-order valence-corrected chi connectivity index (χ0v) is 30.8. The Kier molecular flexibility index (Phi) is 37.7. The lowest BCUT2D eigenvalue weighted by atomic mass is 9.94. The molecule has 0 aliphatic rings. The second kappa shape index (κ2) is 38.4. The highest BCUT2D eigenvalue weighted by Crippen LogP contribution is 2.21. The molecule has 0 amide bonds. The zero-order valence-electron chi connectivity index (χ0n) is 30.8. The molecule has 0 radical (unpaired) electrons. The Balaban J connectivity index is 4.01. The number of rotatable bonds is 37. The summed E-state index contributed by atoms with van der Waals surface area (Å²) in [7, 11) is 0. The highest BCUT2D eigenvalue weighted by molar-refractivity contribution is 5.72. The van der Waals surface area contributed by atoms with Gasteiger partial charge in [-0.25, -0.2) is 0 Å². The molecule has 0 aromatic carbocycles. The number of allylic oxidation sites excluding steroid dienone is 2. The molecule has 0 spiro atoms. The van der Waals surface area contributed by atoms with Crippen molar-refractivity contribution in [3.8, 4) is 0 Å². The Labute approximate surface area is 278 Å². The van der Waals surface area contributed by atoms with Crippen LogP contribution in [0.15, 0.2) is 12.2 Å². The number of hydrogen-bond acceptors (Lipinski definition) is 2. The minimum absolute atomic E-state index is 0.105. The van der Waals surface area contributed by atoms with Gasteiger partial charge in [0.2, 0.25) is 0 Å². The highest BCUT2D eigenvalue weighted by Gasteiger charge is 2.19. The van der Waals surface area contributed by atoms with Crippen LogP contribution in [-0.2, 0) is 9.53 Å². The van der Waals surface area contributed by atoms with Crippen LogP contribution in [0, 0.1) is 5.92 Å². The van der Waals surface area contributed by atoms with Crippen molar-refractivity contribution in [1.29, 1.82) is 0 Å². The quantitative estimate of drug-likeness (QED) is 0.0393. The lowest BCUT2D eigenvalue weighted by Crippen LogP contribution is -2.18. The van der Waals surface area contributed by atoms with Crippen LogP contribution in [-0.4, -0.2) is 12.6 Å². The van der Waals surface area contributed by atoms with Crippen LogP contribution in [0.5, 0.6) is 0 Å². The summed E-state index contributed by atoms with van der Waals surface area (Å²) < 4.78 is 5.84. The lowest BCUT2D eigenvalue weighted by molar-refractivity contribution is -0.149. The van der Waals surface area contributed by atoms with Gasteiger partial charge in [-0.15, -0.1) is 0 Å². The standard InChI is InChI=1S/C42H82O2/c1-4-7-10-13-16-19-21-23-24-26-28-31-34-37-40-44-42(43)41(38-35-32-29-18-15-12-9-6-3)39-36-33-30-27-25-22-20-17-14-11-8-5-2/h20,22,41H,4-19,21,23-40H2,1-3H3/b22-20-. The topological polar surface area (TPSA) is 26.3 Å². The molecule has 1 atom stereocenters. The molecule has 0 aliphatic carbocycles. The minimum atomic E-state index is 0.105. The van der Waals surface area contributed by atoms with Crippen LogP contribution in [0.3, 0.4) is 0 Å². The maximum Gasteiger partial charge on any atom is 0.308 e. The smallest absolute Gasteiger partial charge is 0.308 e. The maximum absolute atomic E-state index is 13.0. The molecular formula is C42H82O2. The SMILES string of the molecule is CCCCCC/C=C\CCCCCCC(CCCCCCCCCC)C(=O)OCCCCCCCCCCCCCCCC. The maximum atomic E-state index is 13.0. The molecule has 0 saturated carbocycles. The third-order valence-corrected chi connectivity index (χ3v) is 9.55. The highest BCUT2D eigenvalue weighted by atomic mass is 16.5. The molecule has 2 heteroatoms. The number of unbranched alkanes of at least 4 members (excludes halogenated alkanes) is 28. The largest absolute Gasteiger partial charge is 0.465 e. The van der Waals surface area contributed by atoms with Gasteiger partial charge in [0.25, 0.3) is 0 Å². The predicted molar refractivity (Wildman–Crippen MR) is 198 cm³/mol. The molecule has 0 aromatic rings. The molecule has 2 nitrogen and oxygen atoms in total. The lowest BCUT2D eigenvalue weighted by Gasteiger charge is -2.16. The van der Waals surface area contributed by atoms with E-state index in [2.05, 4.69) is 32.9 Å². The van der Waals surface area contributed by atoms with Crippen molar-refractivity contribution in [2.75, 3.05) is 6.61 Å². The average Bonchev–Trinajstić information content (AvgIpc) is 3.03. The molecule has 0 saturated heterocycles. The van der Waals surface area contributed by atoms with Crippen molar-refractivity contribution < 1.29 is 9.53 Å². The number of ether oxygens (including phenoxy) is 1. The Bertz CT molecular complexity index is 568. The molecule has 0 bridgehead atoms. The van der Waals surface area contributed by atoms with Gasteiger partial charge in [-0.2, -0.15) is 0 Å². The van der Waals surface area contributed by atoms with E-state index in [1.54, 1.807) is 0 Å². The fourth-order valence-corrected chi connectivity index (χ4v) is 6.42. The normalized spacial score (nSPS) is 12.3. The summed E-state index contributed by atoms with van der Waals surface area (Å²) in [6.07, 6.45) is 49.4. The van der Waals surface area contributed by atoms with Gasteiger partial charge in [0.05, 0.1) is 12.5 Å². The summed E-state index contributed by atoms with van der Waals surface area (Å²) in [5.41, 5.74) is 0. The van der Waals surface area contributed by atoms with Gasteiger partial charge < -0.3 is 4.74 Å². The van der Waals surface area contributed by atoms with Gasteiger partial charge in [-0.3, -0.25) is 4.79 Å². The van der Waals surface area contributed by atoms with E-state index in [4.69, 9.17) is 4.74 Å². The molecule has 0 heterocycles. The third kappa shape index (κ3) is 34.1. The molecular weight excluding hydrogens is 536 g/mol. The van der Waals surface area contributed by atoms with Crippen molar-refractivity contribution in [1.82, 2.24) is 0 Å². The van der Waals surface area contributed by atoms with Crippen LogP contribution in [0.4, 0.5) is 0 Å². The van der Waals surface area contributed by atoms with Crippen molar-refractivity contribution in [3.63, 3.8) is 0 Å². The van der Waals surface area contributed by atoms with Gasteiger partial charge >= 0.3 is 5.97 Å². The summed E-state index contributed by atoms with van der Waals surface area (Å²) in [4.78, 5) is 13.0. The second-order valence-corrected chi connectivity index (χ2v) is 14.0. The van der Waals surface area contributed by atoms with Gasteiger partial charge in [0, 0.05) is 0 Å². The Hall–Kier alpha value is -0.790. The number of carbonyl (C=O) groups excluding carboxylic acids is 1. The van der Waals surface area contributed by atoms with Crippen molar-refractivity contribution in [2.45, 2.75) is 239 Å². The summed E-state index contributed by atoms with van der Waals surface area (Å²) >= 11 is 0. The van der Waals surface area contributed by atoms with Crippen LogP contribution in [0.1, 0.15) is 239 Å². The molecule has 44 heavy (non-hydrogen) atoms. The summed E-state index contributed by atoms with van der Waals surface area (Å²) in [6, 6.07) is 0. The summed E-state index contributed by atoms with van der Waals surface area (Å²) in [5, 5.41) is 0. The van der Waals surface area contributed by atoms with E-state index in [1.165, 1.54) is 199 Å². The van der Waals surface area contributed by atoms with E-state index >= 15 is 0 Å². The molecule has 0 aromatic heterocycles. The first kappa shape index (κ1) is 43.2. The van der Waals surface area contributed by atoms with Crippen molar-refractivity contribution in [3.05, 3.63) is 12.2 Å². The fourth-order valence-electron chi connectivity index (χ4n) is 6.42. The molecule has 0 fully saturated rings. The molecule has 1 unspecified atom stereocenters. The zero-order chi connectivity index (χ0) is 32.0.